The van der Waals surface area contributed by atoms with Gasteiger partial charge in [-0.3, -0.25) is 9.69 Å². The van der Waals surface area contributed by atoms with Crippen LogP contribution >= 0.6 is 0 Å². The lowest BCUT2D eigenvalue weighted by atomic mass is 10.3. The second-order valence-corrected chi connectivity index (χ2v) is 6.19. The van der Waals surface area contributed by atoms with Crippen LogP contribution < -0.4 is 10.1 Å². The van der Waals surface area contributed by atoms with Gasteiger partial charge in [-0.05, 0) is 48.5 Å². The molecule has 0 aliphatic carbocycles. The van der Waals surface area contributed by atoms with Gasteiger partial charge < -0.3 is 14.5 Å². The van der Waals surface area contributed by atoms with Crippen molar-refractivity contribution in [1.82, 2.24) is 4.90 Å². The van der Waals surface area contributed by atoms with Gasteiger partial charge in [0.15, 0.2) is 0 Å². The number of carbonyl (C=O) groups excluding carboxylic acids is 1. The molecule has 0 radical (unpaired) electrons. The Balaban J connectivity index is 1.54. The SMILES string of the molecule is N#CCCN(CC(=O)Nc1ccc(Oc2ccccc2)cc1)Cc1ccco1. The van der Waals surface area contributed by atoms with Gasteiger partial charge in [-0.2, -0.15) is 5.26 Å². The van der Waals surface area contributed by atoms with Crippen LogP contribution in [0, 0.1) is 11.3 Å². The molecule has 6 nitrogen and oxygen atoms in total. The number of amides is 1. The van der Waals surface area contributed by atoms with Crippen LogP contribution in [0.3, 0.4) is 0 Å². The van der Waals surface area contributed by atoms with Crippen LogP contribution in [0.5, 0.6) is 11.5 Å². The van der Waals surface area contributed by atoms with E-state index in [1.807, 2.05) is 41.3 Å². The van der Waals surface area contributed by atoms with E-state index in [2.05, 4.69) is 11.4 Å². The van der Waals surface area contributed by atoms with Crippen molar-refractivity contribution in [2.24, 2.45) is 0 Å². The van der Waals surface area contributed by atoms with E-state index < -0.39 is 0 Å². The molecule has 2 aromatic carbocycles. The maximum atomic E-state index is 12.4. The molecule has 0 saturated carbocycles. The zero-order valence-electron chi connectivity index (χ0n) is 15.4. The Kier molecular flexibility index (Phi) is 6.83. The first kappa shape index (κ1) is 19.2. The first-order chi connectivity index (χ1) is 13.7. The van der Waals surface area contributed by atoms with Gasteiger partial charge >= 0.3 is 0 Å². The second kappa shape index (κ2) is 9.95. The van der Waals surface area contributed by atoms with E-state index >= 15 is 0 Å². The summed E-state index contributed by atoms with van der Waals surface area (Å²) < 4.78 is 11.1. The highest BCUT2D eigenvalue weighted by molar-refractivity contribution is 5.92. The normalized spacial score (nSPS) is 10.4. The average Bonchev–Trinajstić information content (AvgIpc) is 3.21. The molecule has 1 amide bonds. The monoisotopic (exact) mass is 375 g/mol. The fraction of sp³-hybridized carbons (Fsp3) is 0.182. The van der Waals surface area contributed by atoms with Crippen molar-refractivity contribution in [2.75, 3.05) is 18.4 Å². The predicted molar refractivity (Wildman–Crippen MR) is 106 cm³/mol. The molecule has 0 aliphatic heterocycles. The lowest BCUT2D eigenvalue weighted by Gasteiger charge is -2.19. The van der Waals surface area contributed by atoms with Gasteiger partial charge in [0.25, 0.3) is 0 Å². The van der Waals surface area contributed by atoms with Crippen molar-refractivity contribution in [1.29, 1.82) is 5.26 Å². The van der Waals surface area contributed by atoms with Gasteiger partial charge in [0.2, 0.25) is 5.91 Å². The van der Waals surface area contributed by atoms with Crippen molar-refractivity contribution >= 4 is 11.6 Å². The van der Waals surface area contributed by atoms with Crippen LogP contribution in [-0.4, -0.2) is 23.9 Å². The third-order valence-corrected chi connectivity index (χ3v) is 3.98. The number of nitrogens with one attached hydrogen (secondary N) is 1. The number of hydrogen-bond donors (Lipinski definition) is 1. The van der Waals surface area contributed by atoms with Crippen molar-refractivity contribution in [3.05, 3.63) is 78.8 Å². The average molecular weight is 375 g/mol. The zero-order valence-corrected chi connectivity index (χ0v) is 15.4. The van der Waals surface area contributed by atoms with Crippen LogP contribution in [-0.2, 0) is 11.3 Å². The van der Waals surface area contributed by atoms with E-state index in [1.165, 1.54) is 0 Å². The minimum atomic E-state index is -0.152. The molecule has 1 heterocycles. The van der Waals surface area contributed by atoms with Gasteiger partial charge in [0, 0.05) is 18.7 Å². The molecule has 6 heteroatoms. The summed E-state index contributed by atoms with van der Waals surface area (Å²) in [4.78, 5) is 14.3. The Morgan fingerprint density at radius 3 is 2.46 bits per heavy atom. The minimum absolute atomic E-state index is 0.152. The Bertz CT molecular complexity index is 900. The van der Waals surface area contributed by atoms with E-state index in [9.17, 15) is 4.79 Å². The van der Waals surface area contributed by atoms with Gasteiger partial charge in [-0.1, -0.05) is 18.2 Å². The minimum Gasteiger partial charge on any atom is -0.468 e. The number of nitrogens with zero attached hydrogens (tertiary/aromatic N) is 2. The quantitative estimate of drug-likeness (QED) is 0.599. The first-order valence-corrected chi connectivity index (χ1v) is 8.97. The second-order valence-electron chi connectivity index (χ2n) is 6.19. The highest BCUT2D eigenvalue weighted by Gasteiger charge is 2.13. The maximum Gasteiger partial charge on any atom is 0.238 e. The highest BCUT2D eigenvalue weighted by atomic mass is 16.5. The molecular weight excluding hydrogens is 354 g/mol. The molecule has 3 rings (SSSR count). The van der Waals surface area contributed by atoms with E-state index in [4.69, 9.17) is 14.4 Å². The Hall–Kier alpha value is -3.56. The molecule has 1 aromatic heterocycles. The fourth-order valence-corrected chi connectivity index (χ4v) is 2.68. The van der Waals surface area contributed by atoms with E-state index in [-0.39, 0.29) is 12.5 Å². The lowest BCUT2D eigenvalue weighted by Crippen LogP contribution is -2.33. The van der Waals surface area contributed by atoms with Crippen molar-refractivity contribution < 1.29 is 13.9 Å². The number of furan rings is 1. The molecule has 28 heavy (non-hydrogen) atoms. The summed E-state index contributed by atoms with van der Waals surface area (Å²) in [5.41, 5.74) is 0.684. The van der Waals surface area contributed by atoms with E-state index in [0.29, 0.717) is 30.9 Å². The Morgan fingerprint density at radius 2 is 1.79 bits per heavy atom. The molecule has 0 unspecified atom stereocenters. The summed E-state index contributed by atoms with van der Waals surface area (Å²) in [7, 11) is 0. The van der Waals surface area contributed by atoms with Gasteiger partial charge in [-0.15, -0.1) is 0 Å². The Morgan fingerprint density at radius 1 is 1.04 bits per heavy atom. The summed E-state index contributed by atoms with van der Waals surface area (Å²) >= 11 is 0. The smallest absolute Gasteiger partial charge is 0.238 e. The molecule has 0 aliphatic rings. The standard InChI is InChI=1S/C22H21N3O3/c23-13-5-14-25(16-21-8-4-15-27-21)17-22(26)24-18-9-11-20(12-10-18)28-19-6-2-1-3-7-19/h1-4,6-12,15H,5,14,16-17H2,(H,24,26). The van der Waals surface area contributed by atoms with Gasteiger partial charge in [-0.25, -0.2) is 0 Å². The predicted octanol–water partition coefficient (Wildman–Crippen LogP) is 4.43. The first-order valence-electron chi connectivity index (χ1n) is 8.97. The van der Waals surface area contributed by atoms with Crippen LogP contribution in [0.15, 0.2) is 77.4 Å². The summed E-state index contributed by atoms with van der Waals surface area (Å²) in [5.74, 6) is 2.05. The van der Waals surface area contributed by atoms with Crippen LogP contribution in [0.1, 0.15) is 12.2 Å². The molecule has 0 bridgehead atoms. The van der Waals surface area contributed by atoms with Gasteiger partial charge in [0.05, 0.1) is 25.4 Å². The molecule has 0 spiro atoms. The number of ether oxygens (including phenoxy) is 1. The molecule has 142 valence electrons. The zero-order chi connectivity index (χ0) is 19.6. The third-order valence-electron chi connectivity index (χ3n) is 3.98. The summed E-state index contributed by atoms with van der Waals surface area (Å²) in [6, 6.07) is 22.5. The third kappa shape index (κ3) is 6.01. The number of benzene rings is 2. The lowest BCUT2D eigenvalue weighted by molar-refractivity contribution is -0.117. The van der Waals surface area contributed by atoms with Crippen molar-refractivity contribution in [3.63, 3.8) is 0 Å². The number of hydrogen-bond acceptors (Lipinski definition) is 5. The molecule has 0 atom stereocenters. The van der Waals surface area contributed by atoms with Crippen molar-refractivity contribution in [3.8, 4) is 17.6 Å². The van der Waals surface area contributed by atoms with E-state index in [1.54, 1.807) is 36.6 Å². The van der Waals surface area contributed by atoms with Crippen LogP contribution in [0.25, 0.3) is 0 Å². The molecule has 0 saturated heterocycles. The Labute approximate surface area is 164 Å². The molecule has 1 N–H and O–H groups in total. The largest absolute Gasteiger partial charge is 0.468 e. The fourth-order valence-electron chi connectivity index (χ4n) is 2.68. The maximum absolute atomic E-state index is 12.4. The number of para-hydroxylation sites is 1. The van der Waals surface area contributed by atoms with E-state index in [0.717, 1.165) is 11.5 Å². The number of carbonyl (C=O) groups is 1. The number of anilines is 1. The number of rotatable bonds is 9. The van der Waals surface area contributed by atoms with Gasteiger partial charge in [0.1, 0.15) is 17.3 Å². The summed E-state index contributed by atoms with van der Waals surface area (Å²) in [5, 5.41) is 11.7. The number of nitriles is 1. The summed E-state index contributed by atoms with van der Waals surface area (Å²) in [6.07, 6.45) is 1.94. The van der Waals surface area contributed by atoms with Crippen LogP contribution in [0.2, 0.25) is 0 Å². The molecular formula is C22H21N3O3. The van der Waals surface area contributed by atoms with Crippen LogP contribution in [0.4, 0.5) is 5.69 Å². The summed E-state index contributed by atoms with van der Waals surface area (Å²) in [6.45, 7) is 1.14. The molecule has 3 aromatic rings. The molecule has 0 fully saturated rings. The topological polar surface area (TPSA) is 78.5 Å². The van der Waals surface area contributed by atoms with Crippen molar-refractivity contribution in [2.45, 2.75) is 13.0 Å². The highest BCUT2D eigenvalue weighted by Crippen LogP contribution is 2.22.